The zero-order valence-corrected chi connectivity index (χ0v) is 15.4. The van der Waals surface area contributed by atoms with Gasteiger partial charge < -0.3 is 20.1 Å². The summed E-state index contributed by atoms with van der Waals surface area (Å²) in [6.07, 6.45) is 1.61. The van der Waals surface area contributed by atoms with Gasteiger partial charge in [0.2, 0.25) is 0 Å². The monoisotopic (exact) mass is 363 g/mol. The predicted molar refractivity (Wildman–Crippen MR) is 106 cm³/mol. The lowest BCUT2D eigenvalue weighted by Gasteiger charge is -2.12. The highest BCUT2D eigenvalue weighted by Gasteiger charge is 2.09. The van der Waals surface area contributed by atoms with Crippen molar-refractivity contribution in [2.75, 3.05) is 24.9 Å². The smallest absolute Gasteiger partial charge is 0.255 e. The van der Waals surface area contributed by atoms with Crippen LogP contribution in [0.2, 0.25) is 0 Å². The Morgan fingerprint density at radius 1 is 1.00 bits per heavy atom. The molecule has 0 radical (unpaired) electrons. The Bertz CT molecular complexity index is 940. The summed E-state index contributed by atoms with van der Waals surface area (Å²) in [7, 11) is 3.20. The Morgan fingerprint density at radius 2 is 1.81 bits per heavy atom. The highest BCUT2D eigenvalue weighted by Crippen LogP contribution is 2.31. The zero-order chi connectivity index (χ0) is 19.2. The number of pyridine rings is 1. The number of hydrogen-bond donors (Lipinski definition) is 2. The third kappa shape index (κ3) is 4.36. The summed E-state index contributed by atoms with van der Waals surface area (Å²) >= 11 is 0. The number of aryl methyl sites for hydroxylation is 1. The van der Waals surface area contributed by atoms with Gasteiger partial charge in [0.15, 0.2) is 0 Å². The van der Waals surface area contributed by atoms with Crippen LogP contribution in [-0.4, -0.2) is 25.1 Å². The maximum atomic E-state index is 12.4. The SMILES string of the molecule is COc1ccc(Nc2ccc(NC(=O)c3ccccc3C)cn2)c(OC)c1. The Balaban J connectivity index is 1.71. The number of benzene rings is 2. The number of anilines is 3. The summed E-state index contributed by atoms with van der Waals surface area (Å²) in [6, 6.07) is 16.5. The van der Waals surface area contributed by atoms with Gasteiger partial charge in [-0.2, -0.15) is 0 Å². The minimum Gasteiger partial charge on any atom is -0.497 e. The van der Waals surface area contributed by atoms with Crippen molar-refractivity contribution in [3.05, 3.63) is 71.9 Å². The standard InChI is InChI=1S/C21H21N3O3/c1-14-6-4-5-7-17(14)21(25)23-15-8-11-20(22-13-15)24-18-10-9-16(26-2)12-19(18)27-3/h4-13H,1-3H3,(H,22,24)(H,23,25). The van der Waals surface area contributed by atoms with Crippen LogP contribution in [0, 0.1) is 6.92 Å². The fraction of sp³-hybridized carbons (Fsp3) is 0.143. The lowest BCUT2D eigenvalue weighted by Crippen LogP contribution is -2.13. The number of aromatic nitrogens is 1. The summed E-state index contributed by atoms with van der Waals surface area (Å²) in [5.41, 5.74) is 2.95. The molecule has 138 valence electrons. The molecule has 1 heterocycles. The Labute approximate surface area is 158 Å². The Morgan fingerprint density at radius 3 is 2.48 bits per heavy atom. The minimum absolute atomic E-state index is 0.160. The lowest BCUT2D eigenvalue weighted by atomic mass is 10.1. The molecular weight excluding hydrogens is 342 g/mol. The Kier molecular flexibility index (Phi) is 5.56. The largest absolute Gasteiger partial charge is 0.497 e. The first kappa shape index (κ1) is 18.3. The molecule has 0 aliphatic carbocycles. The number of carbonyl (C=O) groups excluding carboxylic acids is 1. The van der Waals surface area contributed by atoms with Crippen LogP contribution in [0.25, 0.3) is 0 Å². The van der Waals surface area contributed by atoms with Gasteiger partial charge in [-0.25, -0.2) is 4.98 Å². The normalized spacial score (nSPS) is 10.2. The first-order chi connectivity index (χ1) is 13.1. The van der Waals surface area contributed by atoms with Gasteiger partial charge in [0.05, 0.1) is 31.8 Å². The maximum absolute atomic E-state index is 12.4. The molecule has 3 aromatic rings. The molecule has 6 nitrogen and oxygen atoms in total. The van der Waals surface area contributed by atoms with Gasteiger partial charge in [-0.3, -0.25) is 4.79 Å². The van der Waals surface area contributed by atoms with Crippen molar-refractivity contribution >= 4 is 23.1 Å². The molecule has 1 aromatic heterocycles. The lowest BCUT2D eigenvalue weighted by molar-refractivity contribution is 0.102. The number of methoxy groups -OCH3 is 2. The number of ether oxygens (including phenoxy) is 2. The third-order valence-corrected chi connectivity index (χ3v) is 4.08. The highest BCUT2D eigenvalue weighted by molar-refractivity contribution is 6.05. The predicted octanol–water partition coefficient (Wildman–Crippen LogP) is 4.40. The maximum Gasteiger partial charge on any atom is 0.255 e. The molecule has 27 heavy (non-hydrogen) atoms. The summed E-state index contributed by atoms with van der Waals surface area (Å²) in [5, 5.41) is 6.05. The van der Waals surface area contributed by atoms with E-state index in [-0.39, 0.29) is 5.91 Å². The van der Waals surface area contributed by atoms with Gasteiger partial charge in [0.25, 0.3) is 5.91 Å². The van der Waals surface area contributed by atoms with Gasteiger partial charge in [0.1, 0.15) is 17.3 Å². The number of nitrogens with one attached hydrogen (secondary N) is 2. The van der Waals surface area contributed by atoms with E-state index in [4.69, 9.17) is 9.47 Å². The molecule has 0 aliphatic heterocycles. The third-order valence-electron chi connectivity index (χ3n) is 4.08. The number of carbonyl (C=O) groups is 1. The fourth-order valence-corrected chi connectivity index (χ4v) is 2.61. The van der Waals surface area contributed by atoms with Crippen molar-refractivity contribution < 1.29 is 14.3 Å². The minimum atomic E-state index is -0.160. The number of nitrogens with zero attached hydrogens (tertiary/aromatic N) is 1. The topological polar surface area (TPSA) is 72.5 Å². The molecule has 2 aromatic carbocycles. The zero-order valence-electron chi connectivity index (χ0n) is 15.4. The molecule has 0 saturated carbocycles. The molecule has 3 rings (SSSR count). The summed E-state index contributed by atoms with van der Waals surface area (Å²) in [6.45, 7) is 1.91. The fourth-order valence-electron chi connectivity index (χ4n) is 2.61. The molecule has 0 fully saturated rings. The van der Waals surface area contributed by atoms with E-state index in [1.165, 1.54) is 0 Å². The summed E-state index contributed by atoms with van der Waals surface area (Å²) in [5.74, 6) is 1.83. The summed E-state index contributed by atoms with van der Waals surface area (Å²) < 4.78 is 10.6. The van der Waals surface area contributed by atoms with Crippen molar-refractivity contribution in [1.82, 2.24) is 4.98 Å². The van der Waals surface area contributed by atoms with Gasteiger partial charge >= 0.3 is 0 Å². The van der Waals surface area contributed by atoms with Crippen LogP contribution in [0.1, 0.15) is 15.9 Å². The van der Waals surface area contributed by atoms with Gasteiger partial charge in [-0.15, -0.1) is 0 Å². The molecular formula is C21H21N3O3. The quantitative estimate of drug-likeness (QED) is 0.679. The van der Waals surface area contributed by atoms with E-state index >= 15 is 0 Å². The average molecular weight is 363 g/mol. The molecule has 0 atom stereocenters. The molecule has 0 spiro atoms. The van der Waals surface area contributed by atoms with Crippen LogP contribution in [-0.2, 0) is 0 Å². The highest BCUT2D eigenvalue weighted by atomic mass is 16.5. The first-order valence-electron chi connectivity index (χ1n) is 8.43. The second kappa shape index (κ2) is 8.23. The van der Waals surface area contributed by atoms with E-state index in [2.05, 4.69) is 15.6 Å². The van der Waals surface area contributed by atoms with Crippen molar-refractivity contribution in [2.45, 2.75) is 6.92 Å². The van der Waals surface area contributed by atoms with E-state index in [0.29, 0.717) is 28.6 Å². The molecule has 0 bridgehead atoms. The van der Waals surface area contributed by atoms with Crippen molar-refractivity contribution in [1.29, 1.82) is 0 Å². The molecule has 1 amide bonds. The summed E-state index contributed by atoms with van der Waals surface area (Å²) in [4.78, 5) is 16.7. The second-order valence-corrected chi connectivity index (χ2v) is 5.89. The van der Waals surface area contributed by atoms with Crippen molar-refractivity contribution in [3.63, 3.8) is 0 Å². The van der Waals surface area contributed by atoms with E-state index in [9.17, 15) is 4.79 Å². The van der Waals surface area contributed by atoms with E-state index in [1.54, 1.807) is 44.7 Å². The number of hydrogen-bond acceptors (Lipinski definition) is 5. The Hall–Kier alpha value is -3.54. The van der Waals surface area contributed by atoms with E-state index in [1.807, 2.05) is 37.3 Å². The molecule has 6 heteroatoms. The van der Waals surface area contributed by atoms with Crippen LogP contribution in [0.3, 0.4) is 0 Å². The number of amides is 1. The van der Waals surface area contributed by atoms with Crippen LogP contribution >= 0.6 is 0 Å². The molecule has 0 unspecified atom stereocenters. The molecule has 2 N–H and O–H groups in total. The first-order valence-corrected chi connectivity index (χ1v) is 8.43. The molecule has 0 saturated heterocycles. The van der Waals surface area contributed by atoms with Crippen LogP contribution in [0.15, 0.2) is 60.8 Å². The second-order valence-electron chi connectivity index (χ2n) is 5.89. The van der Waals surface area contributed by atoms with Gasteiger partial charge in [0, 0.05) is 11.6 Å². The van der Waals surface area contributed by atoms with Gasteiger partial charge in [-0.1, -0.05) is 18.2 Å². The van der Waals surface area contributed by atoms with Gasteiger partial charge in [-0.05, 0) is 42.8 Å². The molecule has 0 aliphatic rings. The van der Waals surface area contributed by atoms with E-state index in [0.717, 1.165) is 11.3 Å². The van der Waals surface area contributed by atoms with Crippen LogP contribution < -0.4 is 20.1 Å². The van der Waals surface area contributed by atoms with Crippen molar-refractivity contribution in [2.24, 2.45) is 0 Å². The average Bonchev–Trinajstić information content (AvgIpc) is 2.70. The number of rotatable bonds is 6. The van der Waals surface area contributed by atoms with E-state index < -0.39 is 0 Å². The van der Waals surface area contributed by atoms with Crippen LogP contribution in [0.5, 0.6) is 11.5 Å². The van der Waals surface area contributed by atoms with Crippen molar-refractivity contribution in [3.8, 4) is 11.5 Å². The van der Waals surface area contributed by atoms with Crippen LogP contribution in [0.4, 0.5) is 17.2 Å².